The second-order valence-electron chi connectivity index (χ2n) is 4.52. The lowest BCUT2D eigenvalue weighted by Crippen LogP contribution is -2.02. The van der Waals surface area contributed by atoms with E-state index in [2.05, 4.69) is 5.32 Å². The van der Waals surface area contributed by atoms with Crippen molar-refractivity contribution in [2.75, 3.05) is 26.6 Å². The summed E-state index contributed by atoms with van der Waals surface area (Å²) >= 11 is 11.9. The highest BCUT2D eigenvalue weighted by Gasteiger charge is 2.13. The Balaban J connectivity index is 2.20. The van der Waals surface area contributed by atoms with E-state index in [0.717, 1.165) is 11.3 Å². The smallest absolute Gasteiger partial charge is 0.203 e. The summed E-state index contributed by atoms with van der Waals surface area (Å²) in [4.78, 5) is 0. The molecule has 22 heavy (non-hydrogen) atoms. The van der Waals surface area contributed by atoms with Gasteiger partial charge in [0.15, 0.2) is 11.5 Å². The molecule has 118 valence electrons. The molecule has 0 heterocycles. The SMILES string of the molecule is COc1cc(CNc2ccc(Cl)c(Cl)c2)cc(OC)c1OC. The van der Waals surface area contributed by atoms with E-state index in [0.29, 0.717) is 33.8 Å². The zero-order valence-corrected chi connectivity index (χ0v) is 14.1. The van der Waals surface area contributed by atoms with E-state index < -0.39 is 0 Å². The minimum atomic E-state index is 0.511. The second-order valence-corrected chi connectivity index (χ2v) is 5.33. The largest absolute Gasteiger partial charge is 0.493 e. The molecule has 6 heteroatoms. The van der Waals surface area contributed by atoms with Gasteiger partial charge in [-0.15, -0.1) is 0 Å². The summed E-state index contributed by atoms with van der Waals surface area (Å²) in [7, 11) is 4.76. The van der Waals surface area contributed by atoms with Crippen LogP contribution in [0.5, 0.6) is 17.2 Å². The summed E-state index contributed by atoms with van der Waals surface area (Å²) < 4.78 is 16.0. The van der Waals surface area contributed by atoms with E-state index in [4.69, 9.17) is 37.4 Å². The van der Waals surface area contributed by atoms with Crippen LogP contribution < -0.4 is 19.5 Å². The van der Waals surface area contributed by atoms with Gasteiger partial charge in [0.2, 0.25) is 5.75 Å². The maximum Gasteiger partial charge on any atom is 0.203 e. The van der Waals surface area contributed by atoms with Gasteiger partial charge in [-0.25, -0.2) is 0 Å². The molecule has 0 bridgehead atoms. The molecule has 0 amide bonds. The van der Waals surface area contributed by atoms with Crippen molar-refractivity contribution >= 4 is 28.9 Å². The second kappa shape index (κ2) is 7.47. The lowest BCUT2D eigenvalue weighted by atomic mass is 10.1. The van der Waals surface area contributed by atoms with Gasteiger partial charge < -0.3 is 19.5 Å². The number of benzene rings is 2. The predicted molar refractivity (Wildman–Crippen MR) is 89.9 cm³/mol. The fourth-order valence-electron chi connectivity index (χ4n) is 2.05. The normalized spacial score (nSPS) is 10.2. The Morgan fingerprint density at radius 1 is 0.864 bits per heavy atom. The Morgan fingerprint density at radius 2 is 1.50 bits per heavy atom. The van der Waals surface area contributed by atoms with E-state index in [1.54, 1.807) is 33.5 Å². The van der Waals surface area contributed by atoms with Crippen LogP contribution in [0.3, 0.4) is 0 Å². The lowest BCUT2D eigenvalue weighted by molar-refractivity contribution is 0.324. The molecular formula is C16H17Cl2NO3. The number of halogens is 2. The van der Waals surface area contributed by atoms with Gasteiger partial charge in [-0.05, 0) is 35.9 Å². The van der Waals surface area contributed by atoms with Gasteiger partial charge in [-0.2, -0.15) is 0 Å². The fourth-order valence-corrected chi connectivity index (χ4v) is 2.35. The van der Waals surface area contributed by atoms with Crippen molar-refractivity contribution in [2.45, 2.75) is 6.54 Å². The summed E-state index contributed by atoms with van der Waals surface area (Å²) in [6.45, 7) is 0.578. The van der Waals surface area contributed by atoms with E-state index in [1.807, 2.05) is 18.2 Å². The minimum Gasteiger partial charge on any atom is -0.493 e. The maximum absolute atomic E-state index is 6.00. The number of ether oxygens (including phenoxy) is 3. The zero-order chi connectivity index (χ0) is 16.1. The summed E-state index contributed by atoms with van der Waals surface area (Å²) in [5.74, 6) is 1.81. The van der Waals surface area contributed by atoms with Crippen LogP contribution in [-0.2, 0) is 6.54 Å². The number of rotatable bonds is 6. The highest BCUT2D eigenvalue weighted by atomic mass is 35.5. The Morgan fingerprint density at radius 3 is 2.00 bits per heavy atom. The summed E-state index contributed by atoms with van der Waals surface area (Å²) in [5, 5.41) is 4.31. The number of hydrogen-bond acceptors (Lipinski definition) is 4. The van der Waals surface area contributed by atoms with Crippen molar-refractivity contribution < 1.29 is 14.2 Å². The van der Waals surface area contributed by atoms with Gasteiger partial charge in [0.1, 0.15) is 0 Å². The van der Waals surface area contributed by atoms with Crippen molar-refractivity contribution in [1.29, 1.82) is 0 Å². The molecule has 1 N–H and O–H groups in total. The molecule has 0 spiro atoms. The third-order valence-corrected chi connectivity index (χ3v) is 3.88. The number of anilines is 1. The molecule has 0 atom stereocenters. The van der Waals surface area contributed by atoms with E-state index in [9.17, 15) is 0 Å². The standard InChI is InChI=1S/C16H17Cl2NO3/c1-20-14-6-10(7-15(21-2)16(14)22-3)9-19-11-4-5-12(17)13(18)8-11/h4-8,19H,9H2,1-3H3. The topological polar surface area (TPSA) is 39.7 Å². The van der Waals surface area contributed by atoms with Crippen molar-refractivity contribution in [2.24, 2.45) is 0 Å². The van der Waals surface area contributed by atoms with E-state index >= 15 is 0 Å². The fraction of sp³-hybridized carbons (Fsp3) is 0.250. The van der Waals surface area contributed by atoms with Crippen molar-refractivity contribution in [3.63, 3.8) is 0 Å². The molecule has 2 rings (SSSR count). The Kier molecular flexibility index (Phi) is 5.63. The Labute approximate surface area is 139 Å². The first kappa shape index (κ1) is 16.6. The lowest BCUT2D eigenvalue weighted by Gasteiger charge is -2.15. The van der Waals surface area contributed by atoms with Crippen LogP contribution in [0, 0.1) is 0 Å². The van der Waals surface area contributed by atoms with Crippen LogP contribution >= 0.6 is 23.2 Å². The first-order valence-electron chi connectivity index (χ1n) is 6.56. The van der Waals surface area contributed by atoms with Crippen LogP contribution in [0.2, 0.25) is 10.0 Å². The minimum absolute atomic E-state index is 0.511. The highest BCUT2D eigenvalue weighted by Crippen LogP contribution is 2.38. The molecule has 0 radical (unpaired) electrons. The molecule has 0 aliphatic carbocycles. The molecule has 0 aliphatic rings. The van der Waals surface area contributed by atoms with Gasteiger partial charge in [-0.1, -0.05) is 23.2 Å². The molecule has 2 aromatic rings. The van der Waals surface area contributed by atoms with Crippen LogP contribution in [0.25, 0.3) is 0 Å². The molecule has 0 aromatic heterocycles. The molecule has 0 fully saturated rings. The quantitative estimate of drug-likeness (QED) is 0.831. The van der Waals surface area contributed by atoms with Crippen LogP contribution in [0.4, 0.5) is 5.69 Å². The van der Waals surface area contributed by atoms with Crippen LogP contribution in [-0.4, -0.2) is 21.3 Å². The number of hydrogen-bond donors (Lipinski definition) is 1. The first-order chi connectivity index (χ1) is 10.6. The molecule has 0 saturated heterocycles. The summed E-state index contributed by atoms with van der Waals surface area (Å²) in [6.07, 6.45) is 0. The zero-order valence-electron chi connectivity index (χ0n) is 12.6. The maximum atomic E-state index is 6.00. The van der Waals surface area contributed by atoms with Gasteiger partial charge in [0.05, 0.1) is 31.4 Å². The molecular weight excluding hydrogens is 325 g/mol. The van der Waals surface area contributed by atoms with Crippen LogP contribution in [0.1, 0.15) is 5.56 Å². The van der Waals surface area contributed by atoms with Gasteiger partial charge >= 0.3 is 0 Å². The van der Waals surface area contributed by atoms with E-state index in [-0.39, 0.29) is 0 Å². The predicted octanol–water partition coefficient (Wildman–Crippen LogP) is 4.63. The number of nitrogens with one attached hydrogen (secondary N) is 1. The third kappa shape index (κ3) is 3.70. The molecule has 0 saturated carbocycles. The summed E-state index contributed by atoms with van der Waals surface area (Å²) in [6, 6.07) is 9.19. The Hall–Kier alpha value is -1.78. The molecule has 2 aromatic carbocycles. The van der Waals surface area contributed by atoms with Crippen molar-refractivity contribution in [3.05, 3.63) is 45.9 Å². The van der Waals surface area contributed by atoms with Gasteiger partial charge in [0, 0.05) is 12.2 Å². The van der Waals surface area contributed by atoms with Gasteiger partial charge in [0.25, 0.3) is 0 Å². The monoisotopic (exact) mass is 341 g/mol. The van der Waals surface area contributed by atoms with Crippen molar-refractivity contribution in [3.8, 4) is 17.2 Å². The average Bonchev–Trinajstić information content (AvgIpc) is 2.54. The first-order valence-corrected chi connectivity index (χ1v) is 7.32. The van der Waals surface area contributed by atoms with E-state index in [1.165, 1.54) is 0 Å². The molecule has 4 nitrogen and oxygen atoms in total. The molecule has 0 aliphatic heterocycles. The Bertz CT molecular complexity index is 637. The van der Waals surface area contributed by atoms with Crippen molar-refractivity contribution in [1.82, 2.24) is 0 Å². The molecule has 0 unspecified atom stereocenters. The van der Waals surface area contributed by atoms with Crippen LogP contribution in [0.15, 0.2) is 30.3 Å². The highest BCUT2D eigenvalue weighted by molar-refractivity contribution is 6.42. The third-order valence-electron chi connectivity index (χ3n) is 3.14. The summed E-state index contributed by atoms with van der Waals surface area (Å²) in [5.41, 5.74) is 1.86. The van der Waals surface area contributed by atoms with Gasteiger partial charge in [-0.3, -0.25) is 0 Å². The average molecular weight is 342 g/mol. The number of methoxy groups -OCH3 is 3.